The largest absolute Gasteiger partial charge is 0.361 e. The maximum Gasteiger partial charge on any atom is 0.273 e. The normalized spacial score (nSPS) is 15.5. The second-order valence-electron chi connectivity index (χ2n) is 6.49. The fraction of sp³-hybridized carbons (Fsp3) is 0.471. The van der Waals surface area contributed by atoms with E-state index in [1.807, 2.05) is 0 Å². The van der Waals surface area contributed by atoms with E-state index < -0.39 is 0 Å². The average Bonchev–Trinajstić information content (AvgIpc) is 3.30. The molecule has 4 heterocycles. The van der Waals surface area contributed by atoms with E-state index in [2.05, 4.69) is 43.4 Å². The number of rotatable bonds is 4. The van der Waals surface area contributed by atoms with Gasteiger partial charge in [-0.05, 0) is 26.2 Å². The van der Waals surface area contributed by atoms with E-state index in [0.717, 1.165) is 43.9 Å². The summed E-state index contributed by atoms with van der Waals surface area (Å²) >= 11 is 0. The molecule has 9 heteroatoms. The van der Waals surface area contributed by atoms with E-state index in [1.54, 1.807) is 17.5 Å². The monoisotopic (exact) mass is 355 g/mol. The first-order valence-corrected chi connectivity index (χ1v) is 8.83. The first kappa shape index (κ1) is 16.5. The maximum absolute atomic E-state index is 12.2. The van der Waals surface area contributed by atoms with Crippen molar-refractivity contribution in [1.29, 1.82) is 0 Å². The molecule has 1 amide bonds. The molecule has 136 valence electrons. The van der Waals surface area contributed by atoms with Crippen LogP contribution >= 0.6 is 0 Å². The molecule has 3 aromatic heterocycles. The minimum absolute atomic E-state index is 0.120. The molecule has 1 aliphatic heterocycles. The van der Waals surface area contributed by atoms with Gasteiger partial charge in [-0.2, -0.15) is 14.6 Å². The Morgan fingerprint density at radius 3 is 2.85 bits per heavy atom. The molecule has 4 rings (SSSR count). The topological polar surface area (TPSA) is 101 Å². The second kappa shape index (κ2) is 6.74. The van der Waals surface area contributed by atoms with Crippen LogP contribution in [-0.4, -0.2) is 49.8 Å². The third-order valence-corrected chi connectivity index (χ3v) is 4.66. The van der Waals surface area contributed by atoms with Crippen LogP contribution in [0.3, 0.4) is 0 Å². The Balaban J connectivity index is 1.44. The van der Waals surface area contributed by atoms with Gasteiger partial charge < -0.3 is 14.7 Å². The summed E-state index contributed by atoms with van der Waals surface area (Å²) in [5, 5.41) is 11.1. The van der Waals surface area contributed by atoms with Crippen molar-refractivity contribution in [2.75, 3.05) is 18.0 Å². The molecule has 0 radical (unpaired) electrons. The number of nitrogens with zero attached hydrogens (tertiary/aromatic N) is 6. The Labute approximate surface area is 150 Å². The molecule has 0 unspecified atom stereocenters. The van der Waals surface area contributed by atoms with Gasteiger partial charge in [0.15, 0.2) is 5.69 Å². The Morgan fingerprint density at radius 2 is 2.15 bits per heavy atom. The lowest BCUT2D eigenvalue weighted by Gasteiger charge is -2.33. The Bertz CT molecular complexity index is 924. The summed E-state index contributed by atoms with van der Waals surface area (Å²) in [6.45, 7) is 5.49. The average molecular weight is 355 g/mol. The zero-order valence-electron chi connectivity index (χ0n) is 14.8. The molecule has 0 spiro atoms. The zero-order valence-corrected chi connectivity index (χ0v) is 14.8. The lowest BCUT2D eigenvalue weighted by atomic mass is 10.0. The number of piperidine rings is 1. The number of nitrogens with one attached hydrogen (secondary N) is 1. The summed E-state index contributed by atoms with van der Waals surface area (Å²) in [6, 6.07) is 3.84. The van der Waals surface area contributed by atoms with Crippen molar-refractivity contribution < 1.29 is 9.32 Å². The van der Waals surface area contributed by atoms with Crippen molar-refractivity contribution in [3.8, 4) is 0 Å². The molecule has 0 atom stereocenters. The van der Waals surface area contributed by atoms with Crippen LogP contribution in [0.1, 0.15) is 41.7 Å². The maximum atomic E-state index is 12.2. The standard InChI is InChI=1S/C17H21N7O2/c1-3-12-9-15(24-17(21-12)18-10-19-24)23-6-4-13(5-7-23)20-16(25)14-8-11(2)26-22-14/h8-10,13H,3-7H2,1-2H3,(H,20,25). The molecular weight excluding hydrogens is 334 g/mol. The molecule has 3 aromatic rings. The van der Waals surface area contributed by atoms with E-state index in [4.69, 9.17) is 4.52 Å². The number of anilines is 1. The summed E-state index contributed by atoms with van der Waals surface area (Å²) in [5.41, 5.74) is 1.33. The summed E-state index contributed by atoms with van der Waals surface area (Å²) < 4.78 is 6.74. The highest BCUT2D eigenvalue weighted by atomic mass is 16.5. The van der Waals surface area contributed by atoms with E-state index >= 15 is 0 Å². The molecule has 1 N–H and O–H groups in total. The van der Waals surface area contributed by atoms with Gasteiger partial charge in [0.25, 0.3) is 11.7 Å². The van der Waals surface area contributed by atoms with Crippen LogP contribution in [0.2, 0.25) is 0 Å². The van der Waals surface area contributed by atoms with Crippen LogP contribution < -0.4 is 10.2 Å². The van der Waals surface area contributed by atoms with E-state index in [1.165, 1.54) is 6.33 Å². The second-order valence-corrected chi connectivity index (χ2v) is 6.49. The number of amides is 1. The van der Waals surface area contributed by atoms with Crippen LogP contribution in [0.25, 0.3) is 5.78 Å². The number of carbonyl (C=O) groups is 1. The van der Waals surface area contributed by atoms with Crippen LogP contribution in [0.4, 0.5) is 5.82 Å². The summed E-state index contributed by atoms with van der Waals surface area (Å²) in [4.78, 5) is 23.2. The SMILES string of the molecule is CCc1cc(N2CCC(NC(=O)c3cc(C)on3)CC2)n2ncnc2n1. The number of carbonyl (C=O) groups excluding carboxylic acids is 1. The van der Waals surface area contributed by atoms with Gasteiger partial charge in [0, 0.05) is 37.0 Å². The first-order valence-electron chi connectivity index (χ1n) is 8.83. The highest BCUT2D eigenvalue weighted by Crippen LogP contribution is 2.21. The molecule has 9 nitrogen and oxygen atoms in total. The lowest BCUT2D eigenvalue weighted by molar-refractivity contribution is 0.0922. The fourth-order valence-corrected chi connectivity index (χ4v) is 3.24. The minimum Gasteiger partial charge on any atom is -0.361 e. The van der Waals surface area contributed by atoms with Crippen molar-refractivity contribution in [1.82, 2.24) is 30.1 Å². The van der Waals surface area contributed by atoms with Crippen molar-refractivity contribution >= 4 is 17.5 Å². The third-order valence-electron chi connectivity index (χ3n) is 4.66. The number of hydrogen-bond donors (Lipinski definition) is 1. The molecule has 0 aliphatic carbocycles. The van der Waals surface area contributed by atoms with Gasteiger partial charge in [0.2, 0.25) is 0 Å². The molecule has 0 bridgehead atoms. The van der Waals surface area contributed by atoms with Gasteiger partial charge in [0.05, 0.1) is 0 Å². The van der Waals surface area contributed by atoms with Crippen molar-refractivity contribution in [3.05, 3.63) is 35.6 Å². The number of fused-ring (bicyclic) bond motifs is 1. The predicted octanol–water partition coefficient (Wildman–Crippen LogP) is 1.38. The highest BCUT2D eigenvalue weighted by molar-refractivity contribution is 5.92. The van der Waals surface area contributed by atoms with Crippen LogP contribution in [-0.2, 0) is 6.42 Å². The summed E-state index contributed by atoms with van der Waals surface area (Å²) in [6.07, 6.45) is 4.07. The number of aromatic nitrogens is 5. The quantitative estimate of drug-likeness (QED) is 0.754. The predicted molar refractivity (Wildman–Crippen MR) is 94.1 cm³/mol. The summed E-state index contributed by atoms with van der Waals surface area (Å²) in [5.74, 6) is 2.07. The molecule has 1 saturated heterocycles. The van der Waals surface area contributed by atoms with Crippen LogP contribution in [0, 0.1) is 6.92 Å². The Morgan fingerprint density at radius 1 is 1.35 bits per heavy atom. The Kier molecular flexibility index (Phi) is 4.27. The van der Waals surface area contributed by atoms with Crippen molar-refractivity contribution in [2.45, 2.75) is 39.2 Å². The van der Waals surface area contributed by atoms with Crippen LogP contribution in [0.5, 0.6) is 0 Å². The Hall–Kier alpha value is -2.97. The molecule has 0 saturated carbocycles. The van der Waals surface area contributed by atoms with Gasteiger partial charge in [-0.25, -0.2) is 4.98 Å². The van der Waals surface area contributed by atoms with Gasteiger partial charge in [0.1, 0.15) is 17.9 Å². The van der Waals surface area contributed by atoms with Gasteiger partial charge in [-0.3, -0.25) is 4.79 Å². The van der Waals surface area contributed by atoms with E-state index in [-0.39, 0.29) is 11.9 Å². The van der Waals surface area contributed by atoms with Crippen LogP contribution in [0.15, 0.2) is 23.0 Å². The number of aryl methyl sites for hydroxylation is 2. The van der Waals surface area contributed by atoms with Crippen molar-refractivity contribution in [3.63, 3.8) is 0 Å². The van der Waals surface area contributed by atoms with E-state index in [0.29, 0.717) is 17.2 Å². The molecular formula is C17H21N7O2. The summed E-state index contributed by atoms with van der Waals surface area (Å²) in [7, 11) is 0. The molecule has 1 fully saturated rings. The lowest BCUT2D eigenvalue weighted by Crippen LogP contribution is -2.45. The third kappa shape index (κ3) is 3.12. The van der Waals surface area contributed by atoms with E-state index in [9.17, 15) is 4.79 Å². The number of hydrogen-bond acceptors (Lipinski definition) is 7. The van der Waals surface area contributed by atoms with Gasteiger partial charge in [-0.15, -0.1) is 0 Å². The zero-order chi connectivity index (χ0) is 18.1. The smallest absolute Gasteiger partial charge is 0.273 e. The van der Waals surface area contributed by atoms with Crippen molar-refractivity contribution in [2.24, 2.45) is 0 Å². The highest BCUT2D eigenvalue weighted by Gasteiger charge is 2.24. The van der Waals surface area contributed by atoms with Gasteiger partial charge >= 0.3 is 0 Å². The first-order chi connectivity index (χ1) is 12.6. The molecule has 1 aliphatic rings. The molecule has 0 aromatic carbocycles. The molecule has 26 heavy (non-hydrogen) atoms. The fourth-order valence-electron chi connectivity index (χ4n) is 3.24. The van der Waals surface area contributed by atoms with Gasteiger partial charge in [-0.1, -0.05) is 12.1 Å². The minimum atomic E-state index is -0.184.